The lowest BCUT2D eigenvalue weighted by Gasteiger charge is -2.06. The van der Waals surface area contributed by atoms with Crippen LogP contribution in [0.15, 0.2) is 11.9 Å². The number of hydrogen-bond acceptors (Lipinski definition) is 4. The third-order valence-corrected chi connectivity index (χ3v) is 1.97. The van der Waals surface area contributed by atoms with E-state index in [9.17, 15) is 9.18 Å². The van der Waals surface area contributed by atoms with Crippen LogP contribution in [-0.4, -0.2) is 26.3 Å². The number of hydrogen-bond donors (Lipinski definition) is 0. The molecule has 0 radical (unpaired) electrons. The van der Waals surface area contributed by atoms with E-state index in [0.29, 0.717) is 19.4 Å². The van der Waals surface area contributed by atoms with E-state index in [1.165, 1.54) is 13.2 Å². The summed E-state index contributed by atoms with van der Waals surface area (Å²) in [5.41, 5.74) is 0. The fraction of sp³-hybridized carbons (Fsp3) is 0.727. The zero-order valence-corrected chi connectivity index (χ0v) is 9.99. The molecule has 0 aliphatic carbocycles. The van der Waals surface area contributed by atoms with E-state index in [0.717, 1.165) is 0 Å². The van der Waals surface area contributed by atoms with Gasteiger partial charge in [0, 0.05) is 0 Å². The van der Waals surface area contributed by atoms with Crippen LogP contribution in [0.1, 0.15) is 26.7 Å². The number of esters is 1. The van der Waals surface area contributed by atoms with Gasteiger partial charge in [0.15, 0.2) is 0 Å². The minimum Gasteiger partial charge on any atom is -0.469 e. The Morgan fingerprint density at radius 1 is 1.44 bits per heavy atom. The van der Waals surface area contributed by atoms with E-state index in [1.54, 1.807) is 13.8 Å². The molecule has 94 valence electrons. The molecular formula is C11H19FO4. The van der Waals surface area contributed by atoms with Crippen molar-refractivity contribution in [2.24, 2.45) is 5.92 Å². The van der Waals surface area contributed by atoms with Crippen LogP contribution >= 0.6 is 0 Å². The summed E-state index contributed by atoms with van der Waals surface area (Å²) in [7, 11) is 1.34. The zero-order chi connectivity index (χ0) is 12.4. The predicted octanol–water partition coefficient (Wildman–Crippen LogP) is 2.40. The minimum atomic E-state index is -0.398. The predicted molar refractivity (Wildman–Crippen MR) is 57.2 cm³/mol. The second-order valence-corrected chi connectivity index (χ2v) is 3.32. The van der Waals surface area contributed by atoms with Crippen LogP contribution in [0, 0.1) is 5.92 Å². The molecule has 0 N–H and O–H groups in total. The van der Waals surface area contributed by atoms with Crippen molar-refractivity contribution in [3.05, 3.63) is 11.9 Å². The van der Waals surface area contributed by atoms with Crippen molar-refractivity contribution >= 4 is 5.97 Å². The maximum absolute atomic E-state index is 13.0. The lowest BCUT2D eigenvalue weighted by atomic mass is 10.1. The summed E-state index contributed by atoms with van der Waals surface area (Å²) in [5, 5.41) is 0. The Morgan fingerprint density at radius 3 is 2.69 bits per heavy atom. The first kappa shape index (κ1) is 15.1. The first-order valence-electron chi connectivity index (χ1n) is 5.28. The average molecular weight is 234 g/mol. The summed E-state index contributed by atoms with van der Waals surface area (Å²) in [6, 6.07) is 0. The molecular weight excluding hydrogens is 215 g/mol. The van der Waals surface area contributed by atoms with Crippen molar-refractivity contribution in [1.82, 2.24) is 0 Å². The number of carbonyl (C=O) groups excluding carboxylic acids is 1. The van der Waals surface area contributed by atoms with Gasteiger partial charge in [-0.05, 0) is 19.8 Å². The van der Waals surface area contributed by atoms with Crippen LogP contribution in [0.2, 0.25) is 0 Å². The van der Waals surface area contributed by atoms with Gasteiger partial charge in [-0.1, -0.05) is 13.0 Å². The Balaban J connectivity index is 3.69. The minimum absolute atomic E-state index is 0.194. The van der Waals surface area contributed by atoms with Gasteiger partial charge in [-0.3, -0.25) is 4.79 Å². The highest BCUT2D eigenvalue weighted by atomic mass is 19.1. The van der Waals surface area contributed by atoms with E-state index in [1.807, 2.05) is 0 Å². The van der Waals surface area contributed by atoms with Gasteiger partial charge < -0.3 is 4.74 Å². The molecule has 0 saturated carbocycles. The van der Waals surface area contributed by atoms with Crippen LogP contribution in [0.25, 0.3) is 0 Å². The number of ether oxygens (including phenoxy) is 1. The van der Waals surface area contributed by atoms with Crippen LogP contribution in [0.3, 0.4) is 0 Å². The molecule has 1 atom stereocenters. The summed E-state index contributed by atoms with van der Waals surface area (Å²) in [6.07, 6.45) is 2.41. The molecule has 0 aromatic rings. The van der Waals surface area contributed by atoms with Crippen molar-refractivity contribution in [1.29, 1.82) is 0 Å². The summed E-state index contributed by atoms with van der Waals surface area (Å²) in [4.78, 5) is 20.1. The van der Waals surface area contributed by atoms with Crippen molar-refractivity contribution in [2.45, 2.75) is 26.7 Å². The number of rotatable bonds is 8. The normalized spacial score (nSPS) is 13.6. The van der Waals surface area contributed by atoms with Gasteiger partial charge in [-0.25, -0.2) is 14.2 Å². The summed E-state index contributed by atoms with van der Waals surface area (Å²) < 4.78 is 17.6. The van der Waals surface area contributed by atoms with Crippen molar-refractivity contribution in [2.75, 3.05) is 20.3 Å². The first-order chi connectivity index (χ1) is 7.61. The second-order valence-electron chi connectivity index (χ2n) is 3.32. The van der Waals surface area contributed by atoms with E-state index < -0.39 is 5.83 Å². The number of allylic oxidation sites excluding steroid dienone is 1. The molecule has 0 aromatic heterocycles. The summed E-state index contributed by atoms with van der Waals surface area (Å²) in [6.45, 7) is 3.68. The highest BCUT2D eigenvalue weighted by molar-refractivity contribution is 5.71. The summed E-state index contributed by atoms with van der Waals surface area (Å²) >= 11 is 0. The summed E-state index contributed by atoms with van der Waals surface area (Å²) in [5.74, 6) is -0.897. The first-order valence-corrected chi connectivity index (χ1v) is 5.28. The molecule has 4 nitrogen and oxygen atoms in total. The fourth-order valence-electron chi connectivity index (χ4n) is 1.05. The highest BCUT2D eigenvalue weighted by Crippen LogP contribution is 2.10. The van der Waals surface area contributed by atoms with Gasteiger partial charge in [-0.2, -0.15) is 0 Å². The maximum atomic E-state index is 13.0. The second kappa shape index (κ2) is 9.30. The van der Waals surface area contributed by atoms with Gasteiger partial charge in [0.1, 0.15) is 12.4 Å². The lowest BCUT2D eigenvalue weighted by Crippen LogP contribution is -2.12. The van der Waals surface area contributed by atoms with Gasteiger partial charge in [-0.15, -0.1) is 0 Å². The largest absolute Gasteiger partial charge is 0.469 e. The SMILES string of the molecule is CCOOC/C(F)=C\CC[C@@H](C)C(=O)OC. The molecule has 0 bridgehead atoms. The van der Waals surface area contributed by atoms with E-state index in [2.05, 4.69) is 14.5 Å². The van der Waals surface area contributed by atoms with Gasteiger partial charge in [0.2, 0.25) is 0 Å². The molecule has 0 aliphatic heterocycles. The lowest BCUT2D eigenvalue weighted by molar-refractivity contribution is -0.286. The van der Waals surface area contributed by atoms with Crippen LogP contribution in [0.4, 0.5) is 4.39 Å². The van der Waals surface area contributed by atoms with Gasteiger partial charge >= 0.3 is 5.97 Å². The fourth-order valence-corrected chi connectivity index (χ4v) is 1.05. The Labute approximate surface area is 95.3 Å². The number of methoxy groups -OCH3 is 1. The maximum Gasteiger partial charge on any atom is 0.308 e. The molecule has 0 aliphatic rings. The van der Waals surface area contributed by atoms with E-state index in [4.69, 9.17) is 0 Å². The molecule has 0 saturated heterocycles. The van der Waals surface area contributed by atoms with Crippen LogP contribution in [-0.2, 0) is 19.3 Å². The topological polar surface area (TPSA) is 44.8 Å². The Hall–Kier alpha value is -0.940. The highest BCUT2D eigenvalue weighted by Gasteiger charge is 2.11. The molecule has 0 rings (SSSR count). The Kier molecular flexibility index (Phi) is 8.75. The molecule has 0 unspecified atom stereocenters. The monoisotopic (exact) mass is 234 g/mol. The zero-order valence-electron chi connectivity index (χ0n) is 9.99. The van der Waals surface area contributed by atoms with Crippen molar-refractivity contribution in [3.63, 3.8) is 0 Å². The standard InChI is InChI=1S/C11H19FO4/c1-4-15-16-8-10(12)7-5-6-9(2)11(13)14-3/h7,9H,4-6,8H2,1-3H3/b10-7+/t9-/m1/s1. The van der Waals surface area contributed by atoms with Gasteiger partial charge in [0.25, 0.3) is 0 Å². The molecule has 0 fully saturated rings. The third kappa shape index (κ3) is 7.36. The Bertz CT molecular complexity index is 228. The smallest absolute Gasteiger partial charge is 0.308 e. The molecule has 0 heterocycles. The quantitative estimate of drug-likeness (QED) is 0.280. The molecule has 0 spiro atoms. The van der Waals surface area contributed by atoms with Crippen molar-refractivity contribution < 1.29 is 23.7 Å². The molecule has 5 heteroatoms. The molecule has 0 amide bonds. The molecule has 0 aromatic carbocycles. The Morgan fingerprint density at radius 2 is 2.12 bits per heavy atom. The van der Waals surface area contributed by atoms with Gasteiger partial charge in [0.05, 0.1) is 19.6 Å². The van der Waals surface area contributed by atoms with E-state index >= 15 is 0 Å². The van der Waals surface area contributed by atoms with Crippen molar-refractivity contribution in [3.8, 4) is 0 Å². The number of carbonyl (C=O) groups is 1. The average Bonchev–Trinajstić information content (AvgIpc) is 2.28. The van der Waals surface area contributed by atoms with E-state index in [-0.39, 0.29) is 18.5 Å². The third-order valence-electron chi connectivity index (χ3n) is 1.97. The number of halogens is 1. The van der Waals surface area contributed by atoms with Crippen LogP contribution < -0.4 is 0 Å². The van der Waals surface area contributed by atoms with Crippen LogP contribution in [0.5, 0.6) is 0 Å². The molecule has 16 heavy (non-hydrogen) atoms.